The van der Waals surface area contributed by atoms with Crippen molar-refractivity contribution in [1.82, 2.24) is 5.32 Å². The zero-order valence-corrected chi connectivity index (χ0v) is 12.5. The lowest BCUT2D eigenvalue weighted by atomic mass is 10.1. The molecule has 0 spiro atoms. The number of esters is 1. The molecule has 3 nitrogen and oxygen atoms in total. The number of hydrogen-bond donors (Lipinski definition) is 1. The number of nitrogens with one attached hydrogen (secondary N) is 1. The Labute approximate surface area is 126 Å². The van der Waals surface area contributed by atoms with Gasteiger partial charge in [-0.25, -0.2) is 4.79 Å². The first kappa shape index (κ1) is 15.3. The van der Waals surface area contributed by atoms with Gasteiger partial charge in [-0.1, -0.05) is 60.2 Å². The molecule has 0 aliphatic carbocycles. The van der Waals surface area contributed by atoms with Crippen molar-refractivity contribution in [2.75, 3.05) is 6.61 Å². The maximum Gasteiger partial charge on any atom is 0.327 e. The number of hydrogen-bond acceptors (Lipinski definition) is 3. The van der Waals surface area contributed by atoms with Gasteiger partial charge >= 0.3 is 5.97 Å². The lowest BCUT2D eigenvalue weighted by Gasteiger charge is -2.17. The van der Waals surface area contributed by atoms with E-state index in [2.05, 4.69) is 36.5 Å². The number of carbonyl (C=O) groups is 1. The Morgan fingerprint density at radius 3 is 2.38 bits per heavy atom. The van der Waals surface area contributed by atoms with Crippen LogP contribution >= 0.6 is 0 Å². The quantitative estimate of drug-likeness (QED) is 0.826. The van der Waals surface area contributed by atoms with Gasteiger partial charge in [-0.3, -0.25) is 5.32 Å². The minimum Gasteiger partial charge on any atom is -0.465 e. The minimum absolute atomic E-state index is 0.240. The molecule has 0 aliphatic rings. The van der Waals surface area contributed by atoms with Gasteiger partial charge in [0.25, 0.3) is 0 Å². The Hall–Kier alpha value is -2.13. The molecular formula is C18H21NO2. The first-order chi connectivity index (χ1) is 10.2. The molecule has 0 saturated heterocycles. The van der Waals surface area contributed by atoms with E-state index >= 15 is 0 Å². The molecule has 3 heteroatoms. The Morgan fingerprint density at radius 1 is 1.10 bits per heavy atom. The van der Waals surface area contributed by atoms with Crippen molar-refractivity contribution in [1.29, 1.82) is 0 Å². The fourth-order valence-electron chi connectivity index (χ4n) is 2.13. The predicted molar refractivity (Wildman–Crippen MR) is 83.8 cm³/mol. The first-order valence-electron chi connectivity index (χ1n) is 7.21. The van der Waals surface area contributed by atoms with Gasteiger partial charge in [-0.15, -0.1) is 0 Å². The van der Waals surface area contributed by atoms with Crippen molar-refractivity contribution in [3.8, 4) is 0 Å². The van der Waals surface area contributed by atoms with Gasteiger partial charge in [0.15, 0.2) is 0 Å². The third-order valence-corrected chi connectivity index (χ3v) is 3.29. The average Bonchev–Trinajstić information content (AvgIpc) is 2.51. The summed E-state index contributed by atoms with van der Waals surface area (Å²) in [6, 6.07) is 17.5. The van der Waals surface area contributed by atoms with E-state index in [-0.39, 0.29) is 5.97 Å². The first-order valence-corrected chi connectivity index (χ1v) is 7.21. The Bertz CT molecular complexity index is 564. The van der Waals surface area contributed by atoms with E-state index in [9.17, 15) is 4.79 Å². The van der Waals surface area contributed by atoms with Crippen LogP contribution in [0.5, 0.6) is 0 Å². The van der Waals surface area contributed by atoms with Crippen LogP contribution in [-0.2, 0) is 16.1 Å². The van der Waals surface area contributed by atoms with E-state index in [1.807, 2.05) is 37.3 Å². The van der Waals surface area contributed by atoms with Gasteiger partial charge < -0.3 is 4.74 Å². The molecule has 0 heterocycles. The van der Waals surface area contributed by atoms with Crippen molar-refractivity contribution >= 4 is 5.97 Å². The molecule has 0 aliphatic heterocycles. The van der Waals surface area contributed by atoms with Crippen LogP contribution in [0, 0.1) is 6.92 Å². The molecule has 110 valence electrons. The molecule has 0 radical (unpaired) electrons. The summed E-state index contributed by atoms with van der Waals surface area (Å²) >= 11 is 0. The van der Waals surface area contributed by atoms with Crippen LogP contribution < -0.4 is 5.32 Å². The summed E-state index contributed by atoms with van der Waals surface area (Å²) in [5.41, 5.74) is 3.29. The van der Waals surface area contributed by atoms with E-state index in [1.165, 1.54) is 5.56 Å². The summed E-state index contributed by atoms with van der Waals surface area (Å²) in [5, 5.41) is 3.28. The number of aryl methyl sites for hydroxylation is 1. The van der Waals surface area contributed by atoms with Crippen LogP contribution in [0.1, 0.15) is 29.7 Å². The van der Waals surface area contributed by atoms with Crippen molar-refractivity contribution < 1.29 is 9.53 Å². The molecule has 0 bridgehead atoms. The predicted octanol–water partition coefficient (Wildman–Crippen LogP) is 3.39. The molecule has 0 aromatic heterocycles. The Balaban J connectivity index is 2.09. The smallest absolute Gasteiger partial charge is 0.327 e. The largest absolute Gasteiger partial charge is 0.465 e. The summed E-state index contributed by atoms with van der Waals surface area (Å²) in [6.07, 6.45) is 0. The number of benzene rings is 2. The van der Waals surface area contributed by atoms with Crippen LogP contribution in [0.4, 0.5) is 0 Å². The van der Waals surface area contributed by atoms with E-state index < -0.39 is 6.04 Å². The zero-order valence-electron chi connectivity index (χ0n) is 12.5. The average molecular weight is 283 g/mol. The van der Waals surface area contributed by atoms with Crippen molar-refractivity contribution in [3.63, 3.8) is 0 Å². The van der Waals surface area contributed by atoms with Crippen LogP contribution in [-0.4, -0.2) is 12.6 Å². The second-order valence-corrected chi connectivity index (χ2v) is 4.96. The fraction of sp³-hybridized carbons (Fsp3) is 0.278. The highest BCUT2D eigenvalue weighted by molar-refractivity contribution is 5.77. The monoisotopic (exact) mass is 283 g/mol. The second-order valence-electron chi connectivity index (χ2n) is 4.96. The molecule has 2 rings (SSSR count). The number of carbonyl (C=O) groups excluding carboxylic acids is 1. The SMILES string of the molecule is CCOC(=O)C(NCc1ccc(C)cc1)c1ccccc1. The molecule has 0 fully saturated rings. The lowest BCUT2D eigenvalue weighted by Crippen LogP contribution is -2.29. The molecule has 0 amide bonds. The van der Waals surface area contributed by atoms with Gasteiger partial charge in [0.1, 0.15) is 6.04 Å². The molecular weight excluding hydrogens is 262 g/mol. The minimum atomic E-state index is -0.438. The highest BCUT2D eigenvalue weighted by atomic mass is 16.5. The Kier molecular flexibility index (Phi) is 5.52. The molecule has 21 heavy (non-hydrogen) atoms. The van der Waals surface area contributed by atoms with E-state index in [0.29, 0.717) is 13.2 Å². The van der Waals surface area contributed by atoms with E-state index in [0.717, 1.165) is 11.1 Å². The molecule has 1 atom stereocenters. The van der Waals surface area contributed by atoms with Crippen LogP contribution in [0.25, 0.3) is 0 Å². The summed E-state index contributed by atoms with van der Waals surface area (Å²) < 4.78 is 5.16. The Morgan fingerprint density at radius 2 is 1.76 bits per heavy atom. The number of rotatable bonds is 6. The second kappa shape index (κ2) is 7.60. The lowest BCUT2D eigenvalue weighted by molar-refractivity contribution is -0.145. The summed E-state index contributed by atoms with van der Waals surface area (Å²) in [5.74, 6) is -0.240. The fourth-order valence-corrected chi connectivity index (χ4v) is 2.13. The standard InChI is InChI=1S/C18H21NO2/c1-3-21-18(20)17(16-7-5-4-6-8-16)19-13-15-11-9-14(2)10-12-15/h4-12,17,19H,3,13H2,1-2H3. The third kappa shape index (κ3) is 4.43. The number of ether oxygens (including phenoxy) is 1. The van der Waals surface area contributed by atoms with Crippen molar-refractivity contribution in [2.24, 2.45) is 0 Å². The van der Waals surface area contributed by atoms with Gasteiger partial charge in [0.2, 0.25) is 0 Å². The van der Waals surface area contributed by atoms with Crippen LogP contribution in [0.2, 0.25) is 0 Å². The van der Waals surface area contributed by atoms with Crippen molar-refractivity contribution in [3.05, 3.63) is 71.3 Å². The molecule has 1 N–H and O–H groups in total. The van der Waals surface area contributed by atoms with Gasteiger partial charge in [-0.2, -0.15) is 0 Å². The molecule has 0 saturated carbocycles. The summed E-state index contributed by atoms with van der Waals surface area (Å²) in [7, 11) is 0. The highest BCUT2D eigenvalue weighted by Crippen LogP contribution is 2.15. The molecule has 2 aromatic rings. The highest BCUT2D eigenvalue weighted by Gasteiger charge is 2.20. The molecule has 1 unspecified atom stereocenters. The van der Waals surface area contributed by atoms with Gasteiger partial charge in [-0.05, 0) is 25.0 Å². The zero-order chi connectivity index (χ0) is 15.1. The van der Waals surface area contributed by atoms with Gasteiger partial charge in [0, 0.05) is 6.54 Å². The molecule has 2 aromatic carbocycles. The van der Waals surface area contributed by atoms with Crippen molar-refractivity contribution in [2.45, 2.75) is 26.4 Å². The van der Waals surface area contributed by atoms with E-state index in [4.69, 9.17) is 4.74 Å². The summed E-state index contributed by atoms with van der Waals surface area (Å²) in [6.45, 7) is 4.88. The van der Waals surface area contributed by atoms with Gasteiger partial charge in [0.05, 0.1) is 6.61 Å². The topological polar surface area (TPSA) is 38.3 Å². The van der Waals surface area contributed by atoms with Crippen LogP contribution in [0.15, 0.2) is 54.6 Å². The third-order valence-electron chi connectivity index (χ3n) is 3.29. The normalized spacial score (nSPS) is 11.9. The van der Waals surface area contributed by atoms with E-state index in [1.54, 1.807) is 0 Å². The maximum absolute atomic E-state index is 12.1. The maximum atomic E-state index is 12.1. The van der Waals surface area contributed by atoms with Crippen LogP contribution in [0.3, 0.4) is 0 Å². The summed E-state index contributed by atoms with van der Waals surface area (Å²) in [4.78, 5) is 12.1.